The lowest BCUT2D eigenvalue weighted by molar-refractivity contribution is -0.137. The second-order valence-corrected chi connectivity index (χ2v) is 3.87. The van der Waals surface area contributed by atoms with E-state index in [2.05, 4.69) is 0 Å². The highest BCUT2D eigenvalue weighted by atomic mass is 19.4. The Morgan fingerprint density at radius 3 is 2.56 bits per heavy atom. The average Bonchev–Trinajstić information content (AvgIpc) is 2.25. The molecule has 0 aromatic heterocycles. The van der Waals surface area contributed by atoms with Crippen molar-refractivity contribution in [3.63, 3.8) is 0 Å². The largest absolute Gasteiger partial charge is 0.416 e. The Kier molecular flexibility index (Phi) is 4.35. The van der Waals surface area contributed by atoms with Crippen molar-refractivity contribution in [1.29, 1.82) is 0 Å². The molecule has 1 atom stereocenters. The first-order valence-electron chi connectivity index (χ1n) is 5.38. The molecule has 0 amide bonds. The Morgan fingerprint density at radius 1 is 1.31 bits per heavy atom. The van der Waals surface area contributed by atoms with Crippen LogP contribution in [0.15, 0.2) is 24.3 Å². The van der Waals surface area contributed by atoms with Crippen LogP contribution in [0, 0.1) is 0 Å². The van der Waals surface area contributed by atoms with Gasteiger partial charge in [0.05, 0.1) is 5.56 Å². The zero-order valence-electron chi connectivity index (χ0n) is 9.22. The minimum Gasteiger partial charge on any atom is -0.324 e. The topological polar surface area (TPSA) is 26.0 Å². The van der Waals surface area contributed by atoms with Crippen molar-refractivity contribution in [1.82, 2.24) is 0 Å². The summed E-state index contributed by atoms with van der Waals surface area (Å²) >= 11 is 0. The summed E-state index contributed by atoms with van der Waals surface area (Å²) in [6.45, 7) is 2.03. The first-order chi connectivity index (χ1) is 7.45. The van der Waals surface area contributed by atoms with Crippen molar-refractivity contribution in [3.8, 4) is 0 Å². The maximum Gasteiger partial charge on any atom is 0.416 e. The smallest absolute Gasteiger partial charge is 0.324 e. The lowest BCUT2D eigenvalue weighted by Crippen LogP contribution is -2.12. The SMILES string of the molecule is CCCC[C@H](N)c1cccc(C(F)(F)F)c1. The van der Waals surface area contributed by atoms with Gasteiger partial charge in [-0.15, -0.1) is 0 Å². The van der Waals surface area contributed by atoms with Crippen LogP contribution in [0.4, 0.5) is 13.2 Å². The van der Waals surface area contributed by atoms with Crippen LogP contribution in [-0.4, -0.2) is 0 Å². The molecule has 1 nitrogen and oxygen atoms in total. The number of rotatable bonds is 4. The van der Waals surface area contributed by atoms with Gasteiger partial charge in [0.2, 0.25) is 0 Å². The highest BCUT2D eigenvalue weighted by Gasteiger charge is 2.30. The van der Waals surface area contributed by atoms with Gasteiger partial charge in [-0.05, 0) is 24.1 Å². The van der Waals surface area contributed by atoms with Gasteiger partial charge in [0.1, 0.15) is 0 Å². The standard InChI is InChI=1S/C12H16F3N/c1-2-3-7-11(16)9-5-4-6-10(8-9)12(13,14)15/h4-6,8,11H,2-3,7,16H2,1H3/t11-/m0/s1. The van der Waals surface area contributed by atoms with E-state index in [1.54, 1.807) is 6.07 Å². The fourth-order valence-electron chi connectivity index (χ4n) is 1.54. The van der Waals surface area contributed by atoms with Crippen LogP contribution in [-0.2, 0) is 6.18 Å². The number of unbranched alkanes of at least 4 members (excludes halogenated alkanes) is 1. The van der Waals surface area contributed by atoms with Crippen molar-refractivity contribution in [2.24, 2.45) is 5.73 Å². The summed E-state index contributed by atoms with van der Waals surface area (Å²) in [5.74, 6) is 0. The molecule has 0 heterocycles. The van der Waals surface area contributed by atoms with E-state index in [0.717, 1.165) is 31.4 Å². The van der Waals surface area contributed by atoms with Crippen molar-refractivity contribution < 1.29 is 13.2 Å². The number of nitrogens with two attached hydrogens (primary N) is 1. The summed E-state index contributed by atoms with van der Waals surface area (Å²) in [5, 5.41) is 0. The molecule has 0 aliphatic heterocycles. The van der Waals surface area contributed by atoms with Crippen LogP contribution in [0.25, 0.3) is 0 Å². The predicted molar refractivity (Wildman–Crippen MR) is 57.9 cm³/mol. The molecule has 0 radical (unpaired) electrons. The van der Waals surface area contributed by atoms with Gasteiger partial charge in [-0.1, -0.05) is 31.9 Å². The Morgan fingerprint density at radius 2 is 2.00 bits per heavy atom. The van der Waals surface area contributed by atoms with Gasteiger partial charge in [0.15, 0.2) is 0 Å². The van der Waals surface area contributed by atoms with Crippen molar-refractivity contribution in [3.05, 3.63) is 35.4 Å². The van der Waals surface area contributed by atoms with Crippen LogP contribution < -0.4 is 5.73 Å². The van der Waals surface area contributed by atoms with Gasteiger partial charge in [0.25, 0.3) is 0 Å². The van der Waals surface area contributed by atoms with E-state index in [9.17, 15) is 13.2 Å². The van der Waals surface area contributed by atoms with E-state index < -0.39 is 11.7 Å². The van der Waals surface area contributed by atoms with Gasteiger partial charge in [-0.2, -0.15) is 13.2 Å². The van der Waals surface area contributed by atoms with Gasteiger partial charge in [0, 0.05) is 6.04 Å². The number of hydrogen-bond donors (Lipinski definition) is 1. The molecule has 0 spiro atoms. The third-order valence-electron chi connectivity index (χ3n) is 2.51. The molecule has 2 N–H and O–H groups in total. The molecule has 90 valence electrons. The van der Waals surface area contributed by atoms with E-state index in [-0.39, 0.29) is 6.04 Å². The summed E-state index contributed by atoms with van der Waals surface area (Å²) in [4.78, 5) is 0. The second-order valence-electron chi connectivity index (χ2n) is 3.87. The Hall–Kier alpha value is -1.03. The Labute approximate surface area is 93.5 Å². The normalized spacial score (nSPS) is 13.8. The molecule has 4 heteroatoms. The summed E-state index contributed by atoms with van der Waals surface area (Å²) < 4.78 is 37.3. The van der Waals surface area contributed by atoms with E-state index in [0.29, 0.717) is 5.56 Å². The number of hydrogen-bond acceptors (Lipinski definition) is 1. The predicted octanol–water partition coefficient (Wildman–Crippen LogP) is 3.90. The molecule has 16 heavy (non-hydrogen) atoms. The third-order valence-corrected chi connectivity index (χ3v) is 2.51. The summed E-state index contributed by atoms with van der Waals surface area (Å²) in [6.07, 6.45) is -1.65. The fourth-order valence-corrected chi connectivity index (χ4v) is 1.54. The second kappa shape index (κ2) is 5.34. The number of halogens is 3. The van der Waals surface area contributed by atoms with E-state index in [4.69, 9.17) is 5.73 Å². The Bertz CT molecular complexity index is 333. The fraction of sp³-hybridized carbons (Fsp3) is 0.500. The molecule has 1 aromatic rings. The molecule has 0 saturated carbocycles. The van der Waals surface area contributed by atoms with Crippen LogP contribution in [0.2, 0.25) is 0 Å². The molecule has 0 unspecified atom stereocenters. The van der Waals surface area contributed by atoms with Crippen molar-refractivity contribution >= 4 is 0 Å². The minimum absolute atomic E-state index is 0.303. The maximum absolute atomic E-state index is 12.4. The van der Waals surface area contributed by atoms with Gasteiger partial charge in [-0.25, -0.2) is 0 Å². The minimum atomic E-state index is -4.29. The Balaban J connectivity index is 2.82. The van der Waals surface area contributed by atoms with Crippen molar-refractivity contribution in [2.75, 3.05) is 0 Å². The van der Waals surface area contributed by atoms with E-state index in [1.807, 2.05) is 6.92 Å². The first-order valence-corrected chi connectivity index (χ1v) is 5.38. The quantitative estimate of drug-likeness (QED) is 0.835. The lowest BCUT2D eigenvalue weighted by Gasteiger charge is -2.14. The molecule has 0 fully saturated rings. The van der Waals surface area contributed by atoms with Crippen LogP contribution >= 0.6 is 0 Å². The van der Waals surface area contributed by atoms with Gasteiger partial charge in [-0.3, -0.25) is 0 Å². The molecular weight excluding hydrogens is 215 g/mol. The lowest BCUT2D eigenvalue weighted by atomic mass is 10.00. The zero-order chi connectivity index (χ0) is 12.2. The molecule has 0 aliphatic rings. The number of benzene rings is 1. The molecule has 0 saturated heterocycles. The molecule has 1 aromatic carbocycles. The molecule has 0 bridgehead atoms. The molecular formula is C12H16F3N. The summed E-state index contributed by atoms with van der Waals surface area (Å²) in [6, 6.07) is 4.96. The van der Waals surface area contributed by atoms with Crippen LogP contribution in [0.5, 0.6) is 0 Å². The number of alkyl halides is 3. The maximum atomic E-state index is 12.4. The highest BCUT2D eigenvalue weighted by molar-refractivity contribution is 5.27. The van der Waals surface area contributed by atoms with Crippen LogP contribution in [0.1, 0.15) is 43.4 Å². The third kappa shape index (κ3) is 3.52. The summed E-state index contributed by atoms with van der Waals surface area (Å²) in [7, 11) is 0. The van der Waals surface area contributed by atoms with E-state index in [1.165, 1.54) is 6.07 Å². The van der Waals surface area contributed by atoms with Gasteiger partial charge < -0.3 is 5.73 Å². The summed E-state index contributed by atoms with van der Waals surface area (Å²) in [5.41, 5.74) is 5.76. The highest BCUT2D eigenvalue weighted by Crippen LogP contribution is 2.31. The molecule has 0 aliphatic carbocycles. The van der Waals surface area contributed by atoms with Gasteiger partial charge >= 0.3 is 6.18 Å². The van der Waals surface area contributed by atoms with E-state index >= 15 is 0 Å². The monoisotopic (exact) mass is 231 g/mol. The first kappa shape index (κ1) is 13.0. The molecule has 1 rings (SSSR count). The zero-order valence-corrected chi connectivity index (χ0v) is 9.22. The van der Waals surface area contributed by atoms with Crippen molar-refractivity contribution in [2.45, 2.75) is 38.4 Å². The van der Waals surface area contributed by atoms with Crippen LogP contribution in [0.3, 0.4) is 0 Å². The average molecular weight is 231 g/mol.